The summed E-state index contributed by atoms with van der Waals surface area (Å²) in [6.07, 6.45) is 1.91. The van der Waals surface area contributed by atoms with E-state index in [0.29, 0.717) is 11.3 Å². The van der Waals surface area contributed by atoms with Crippen molar-refractivity contribution >= 4 is 9.84 Å². The van der Waals surface area contributed by atoms with Gasteiger partial charge in [0.2, 0.25) is 0 Å². The Bertz CT molecular complexity index is 626. The second-order valence-corrected chi connectivity index (χ2v) is 6.28. The summed E-state index contributed by atoms with van der Waals surface area (Å²) < 4.78 is 22.6. The van der Waals surface area contributed by atoms with Crippen LogP contribution < -0.4 is 0 Å². The zero-order chi connectivity index (χ0) is 13.2. The van der Waals surface area contributed by atoms with Gasteiger partial charge in [-0.3, -0.25) is 0 Å². The van der Waals surface area contributed by atoms with E-state index in [0.717, 1.165) is 11.1 Å². The fourth-order valence-corrected chi connectivity index (χ4v) is 2.33. The quantitative estimate of drug-likeness (QED) is 0.924. The van der Waals surface area contributed by atoms with E-state index in [1.807, 2.05) is 24.3 Å². The molecule has 2 rings (SSSR count). The summed E-state index contributed by atoms with van der Waals surface area (Å²) in [5, 5.41) is 9.18. The molecule has 0 heterocycles. The Kier molecular flexibility index (Phi) is 3.39. The zero-order valence-corrected chi connectivity index (χ0v) is 10.8. The summed E-state index contributed by atoms with van der Waals surface area (Å²) in [5.41, 5.74) is 2.10. The van der Waals surface area contributed by atoms with E-state index in [9.17, 15) is 13.5 Å². The largest absolute Gasteiger partial charge is 0.508 e. The van der Waals surface area contributed by atoms with E-state index in [2.05, 4.69) is 0 Å². The Morgan fingerprint density at radius 2 is 1.33 bits per heavy atom. The summed E-state index contributed by atoms with van der Waals surface area (Å²) in [5.74, 6) is 0.242. The number of phenols is 1. The van der Waals surface area contributed by atoms with Crippen LogP contribution in [0.2, 0.25) is 0 Å². The fraction of sp³-hybridized carbons (Fsp3) is 0.143. The SMILES string of the molecule is CS(=O)(=O)c1ccc(Cc2ccc(O)cc2)cc1. The van der Waals surface area contributed by atoms with E-state index in [1.165, 1.54) is 6.26 Å². The molecule has 0 saturated carbocycles. The third kappa shape index (κ3) is 3.11. The fourth-order valence-electron chi connectivity index (χ4n) is 1.70. The Labute approximate surface area is 107 Å². The number of aromatic hydroxyl groups is 1. The Morgan fingerprint density at radius 3 is 1.78 bits per heavy atom. The molecule has 4 heteroatoms. The number of sulfone groups is 1. The van der Waals surface area contributed by atoms with Gasteiger partial charge in [0.15, 0.2) is 9.84 Å². The molecule has 1 N–H and O–H groups in total. The van der Waals surface area contributed by atoms with Crippen LogP contribution in [0, 0.1) is 0 Å². The minimum atomic E-state index is -3.13. The summed E-state index contributed by atoms with van der Waals surface area (Å²) in [6, 6.07) is 13.8. The van der Waals surface area contributed by atoms with Gasteiger partial charge in [0.1, 0.15) is 5.75 Å². The van der Waals surface area contributed by atoms with Crippen LogP contribution in [0.3, 0.4) is 0 Å². The monoisotopic (exact) mass is 262 g/mol. The first-order valence-electron chi connectivity index (χ1n) is 5.52. The van der Waals surface area contributed by atoms with Crippen LogP contribution in [0.5, 0.6) is 5.75 Å². The molecule has 3 nitrogen and oxygen atoms in total. The summed E-state index contributed by atoms with van der Waals surface area (Å²) >= 11 is 0. The van der Waals surface area contributed by atoms with Crippen molar-refractivity contribution in [3.05, 3.63) is 59.7 Å². The predicted molar refractivity (Wildman–Crippen MR) is 70.5 cm³/mol. The smallest absolute Gasteiger partial charge is 0.175 e. The molecule has 0 aromatic heterocycles. The summed E-state index contributed by atoms with van der Waals surface area (Å²) in [4.78, 5) is 0.331. The van der Waals surface area contributed by atoms with Gasteiger partial charge in [0, 0.05) is 6.26 Å². The topological polar surface area (TPSA) is 54.4 Å². The van der Waals surface area contributed by atoms with Gasteiger partial charge in [0.05, 0.1) is 4.90 Å². The van der Waals surface area contributed by atoms with Gasteiger partial charge in [-0.05, 0) is 41.8 Å². The van der Waals surface area contributed by atoms with Crippen molar-refractivity contribution < 1.29 is 13.5 Å². The van der Waals surface area contributed by atoms with Crippen LogP contribution >= 0.6 is 0 Å². The van der Waals surface area contributed by atoms with Crippen molar-refractivity contribution in [3.63, 3.8) is 0 Å². The van der Waals surface area contributed by atoms with Crippen LogP contribution in [-0.2, 0) is 16.3 Å². The minimum Gasteiger partial charge on any atom is -0.508 e. The molecule has 0 aliphatic rings. The van der Waals surface area contributed by atoms with Crippen molar-refractivity contribution in [2.75, 3.05) is 6.26 Å². The van der Waals surface area contributed by atoms with Crippen LogP contribution in [0.15, 0.2) is 53.4 Å². The number of benzene rings is 2. The number of phenolic OH excluding ortho intramolecular Hbond substituents is 1. The van der Waals surface area contributed by atoms with Gasteiger partial charge in [-0.1, -0.05) is 24.3 Å². The average molecular weight is 262 g/mol. The van der Waals surface area contributed by atoms with Crippen LogP contribution in [0.4, 0.5) is 0 Å². The average Bonchev–Trinajstić information content (AvgIpc) is 2.32. The molecular formula is C14H14O3S. The maximum Gasteiger partial charge on any atom is 0.175 e. The molecule has 0 spiro atoms. The van der Waals surface area contributed by atoms with Crippen molar-refractivity contribution in [1.29, 1.82) is 0 Å². The van der Waals surface area contributed by atoms with Gasteiger partial charge in [-0.15, -0.1) is 0 Å². The lowest BCUT2D eigenvalue weighted by molar-refractivity contribution is 0.475. The molecule has 0 aliphatic heterocycles. The molecule has 0 unspecified atom stereocenters. The first-order valence-corrected chi connectivity index (χ1v) is 7.41. The van der Waals surface area contributed by atoms with Crippen LogP contribution in [0.25, 0.3) is 0 Å². The lowest BCUT2D eigenvalue weighted by Gasteiger charge is -2.04. The van der Waals surface area contributed by atoms with Gasteiger partial charge in [-0.25, -0.2) is 8.42 Å². The van der Waals surface area contributed by atoms with Gasteiger partial charge < -0.3 is 5.11 Å². The second-order valence-electron chi connectivity index (χ2n) is 4.26. The van der Waals surface area contributed by atoms with Crippen LogP contribution in [-0.4, -0.2) is 19.8 Å². The molecule has 0 aliphatic carbocycles. The maximum atomic E-state index is 11.3. The first kappa shape index (κ1) is 12.6. The summed E-state index contributed by atoms with van der Waals surface area (Å²) in [7, 11) is -3.13. The minimum absolute atomic E-state index is 0.242. The van der Waals surface area contributed by atoms with E-state index in [4.69, 9.17) is 0 Å². The first-order chi connectivity index (χ1) is 8.45. The Balaban J connectivity index is 2.18. The van der Waals surface area contributed by atoms with Crippen molar-refractivity contribution in [2.24, 2.45) is 0 Å². The van der Waals surface area contributed by atoms with Crippen LogP contribution in [0.1, 0.15) is 11.1 Å². The number of hydrogen-bond donors (Lipinski definition) is 1. The molecule has 0 bridgehead atoms. The number of rotatable bonds is 3. The molecule has 2 aromatic carbocycles. The summed E-state index contributed by atoms with van der Waals surface area (Å²) in [6.45, 7) is 0. The highest BCUT2D eigenvalue weighted by molar-refractivity contribution is 7.90. The lowest BCUT2D eigenvalue weighted by Crippen LogP contribution is -1.97. The van der Waals surface area contributed by atoms with Crippen molar-refractivity contribution in [2.45, 2.75) is 11.3 Å². The molecule has 18 heavy (non-hydrogen) atoms. The van der Waals surface area contributed by atoms with E-state index in [-0.39, 0.29) is 5.75 Å². The third-order valence-electron chi connectivity index (χ3n) is 2.70. The van der Waals surface area contributed by atoms with Crippen molar-refractivity contribution in [1.82, 2.24) is 0 Å². The normalized spacial score (nSPS) is 11.4. The van der Waals surface area contributed by atoms with Gasteiger partial charge >= 0.3 is 0 Å². The molecule has 0 radical (unpaired) electrons. The molecule has 0 atom stereocenters. The van der Waals surface area contributed by atoms with E-state index in [1.54, 1.807) is 24.3 Å². The Hall–Kier alpha value is -1.81. The molecule has 0 amide bonds. The molecular weight excluding hydrogens is 248 g/mol. The molecule has 2 aromatic rings. The zero-order valence-electron chi connectivity index (χ0n) is 10.00. The molecule has 0 saturated heterocycles. The Morgan fingerprint density at radius 1 is 0.889 bits per heavy atom. The third-order valence-corrected chi connectivity index (χ3v) is 3.82. The van der Waals surface area contributed by atoms with Gasteiger partial charge in [-0.2, -0.15) is 0 Å². The van der Waals surface area contributed by atoms with Gasteiger partial charge in [0.25, 0.3) is 0 Å². The highest BCUT2D eigenvalue weighted by Crippen LogP contribution is 2.16. The predicted octanol–water partition coefficient (Wildman–Crippen LogP) is 2.39. The standard InChI is InChI=1S/C14H14O3S/c1-18(16,17)14-8-4-12(5-9-14)10-11-2-6-13(15)7-3-11/h2-9,15H,10H2,1H3. The van der Waals surface area contributed by atoms with E-state index >= 15 is 0 Å². The number of hydrogen-bond acceptors (Lipinski definition) is 3. The van der Waals surface area contributed by atoms with Crippen molar-refractivity contribution in [3.8, 4) is 5.75 Å². The lowest BCUT2D eigenvalue weighted by atomic mass is 10.1. The highest BCUT2D eigenvalue weighted by atomic mass is 32.2. The molecule has 94 valence electrons. The molecule has 0 fully saturated rings. The van der Waals surface area contributed by atoms with E-state index < -0.39 is 9.84 Å². The maximum absolute atomic E-state index is 11.3. The highest BCUT2D eigenvalue weighted by Gasteiger charge is 2.06. The second kappa shape index (κ2) is 4.82.